The minimum absolute atomic E-state index is 0.754. The van der Waals surface area contributed by atoms with E-state index in [-0.39, 0.29) is 0 Å². The van der Waals surface area contributed by atoms with Gasteiger partial charge in [-0.2, -0.15) is 0 Å². The lowest BCUT2D eigenvalue weighted by molar-refractivity contribution is 0.238. The van der Waals surface area contributed by atoms with Crippen molar-refractivity contribution in [2.45, 2.75) is 51.4 Å². The molecule has 38 heavy (non-hydrogen) atoms. The van der Waals surface area contributed by atoms with Gasteiger partial charge in [-0.15, -0.1) is 11.3 Å². The monoisotopic (exact) mass is 525 g/mol. The largest absolute Gasteiger partial charge is 0.497 e. The topological polar surface area (TPSA) is 21.7 Å². The average molecular weight is 526 g/mol. The normalized spacial score (nSPS) is 16.4. The third kappa shape index (κ3) is 5.92. The molecule has 6 rings (SSSR count). The van der Waals surface area contributed by atoms with Crippen LogP contribution in [0.5, 0.6) is 11.5 Å². The van der Waals surface area contributed by atoms with Gasteiger partial charge in [0.25, 0.3) is 0 Å². The summed E-state index contributed by atoms with van der Waals surface area (Å²) in [5.41, 5.74) is 5.52. The number of ether oxygens (including phenoxy) is 2. The zero-order valence-corrected chi connectivity index (χ0v) is 23.4. The number of likely N-dealkylation sites (tertiary alicyclic amines) is 1. The van der Waals surface area contributed by atoms with Crippen molar-refractivity contribution >= 4 is 21.4 Å². The standard InChI is InChI=1S/C34H39NO2S/c1-36-30-16-17-31-32(23-27-10-8-26(9-11-27)22-25-6-2-3-7-25)34(38-33(31)24-30)28-12-14-29(15-13-28)37-21-20-35-18-4-5-19-35/h8-17,24-25H,2-7,18-23H2,1H3. The fraction of sp³-hybridized carbons (Fsp3) is 0.412. The van der Waals surface area contributed by atoms with Crippen molar-refractivity contribution < 1.29 is 9.47 Å². The smallest absolute Gasteiger partial charge is 0.120 e. The van der Waals surface area contributed by atoms with Crippen molar-refractivity contribution in [1.82, 2.24) is 4.90 Å². The molecule has 3 nitrogen and oxygen atoms in total. The van der Waals surface area contributed by atoms with Crippen LogP contribution in [0.4, 0.5) is 0 Å². The van der Waals surface area contributed by atoms with Gasteiger partial charge in [0, 0.05) is 16.1 Å². The Bertz CT molecular complexity index is 1330. The molecule has 0 unspecified atom stereocenters. The number of thiophene rings is 1. The van der Waals surface area contributed by atoms with Gasteiger partial charge in [0.15, 0.2) is 0 Å². The lowest BCUT2D eigenvalue weighted by Crippen LogP contribution is -2.25. The van der Waals surface area contributed by atoms with Gasteiger partial charge < -0.3 is 9.47 Å². The summed E-state index contributed by atoms with van der Waals surface area (Å²) in [7, 11) is 1.74. The number of methoxy groups -OCH3 is 1. The fourth-order valence-electron chi connectivity index (χ4n) is 6.21. The molecule has 1 aliphatic carbocycles. The minimum Gasteiger partial charge on any atom is -0.497 e. The molecule has 2 fully saturated rings. The second-order valence-corrected chi connectivity index (χ2v) is 12.1. The van der Waals surface area contributed by atoms with Gasteiger partial charge in [-0.05, 0) is 115 Å². The van der Waals surface area contributed by atoms with Crippen molar-refractivity contribution in [3.8, 4) is 21.9 Å². The fourth-order valence-corrected chi connectivity index (χ4v) is 7.47. The molecule has 1 aromatic heterocycles. The highest BCUT2D eigenvalue weighted by atomic mass is 32.1. The summed E-state index contributed by atoms with van der Waals surface area (Å²) in [5.74, 6) is 2.75. The second kappa shape index (κ2) is 11.9. The number of nitrogens with zero attached hydrogens (tertiary/aromatic N) is 1. The van der Waals surface area contributed by atoms with Gasteiger partial charge in [0.05, 0.1) is 7.11 Å². The van der Waals surface area contributed by atoms with Gasteiger partial charge in [-0.1, -0.05) is 49.9 Å². The maximum Gasteiger partial charge on any atom is 0.120 e. The minimum atomic E-state index is 0.754. The zero-order chi connectivity index (χ0) is 25.7. The molecule has 3 aromatic carbocycles. The maximum atomic E-state index is 6.08. The first-order chi connectivity index (χ1) is 18.7. The second-order valence-electron chi connectivity index (χ2n) is 11.0. The Morgan fingerprint density at radius 1 is 0.816 bits per heavy atom. The third-order valence-electron chi connectivity index (χ3n) is 8.39. The van der Waals surface area contributed by atoms with Crippen LogP contribution in [0.15, 0.2) is 66.7 Å². The van der Waals surface area contributed by atoms with E-state index >= 15 is 0 Å². The summed E-state index contributed by atoms with van der Waals surface area (Å²) in [6.07, 6.45) is 10.4. The molecule has 1 aliphatic heterocycles. The molecular weight excluding hydrogens is 486 g/mol. The van der Waals surface area contributed by atoms with Gasteiger partial charge >= 0.3 is 0 Å². The molecule has 1 saturated carbocycles. The van der Waals surface area contributed by atoms with Crippen molar-refractivity contribution in [3.05, 3.63) is 83.4 Å². The number of rotatable bonds is 10. The lowest BCUT2D eigenvalue weighted by Gasteiger charge is -2.15. The lowest BCUT2D eigenvalue weighted by atomic mass is 9.95. The molecule has 198 valence electrons. The van der Waals surface area contributed by atoms with Crippen LogP contribution in [-0.4, -0.2) is 38.3 Å². The molecule has 0 amide bonds. The Balaban J connectivity index is 1.22. The van der Waals surface area contributed by atoms with E-state index in [1.807, 2.05) is 11.3 Å². The molecule has 0 spiro atoms. The molecule has 0 radical (unpaired) electrons. The predicted molar refractivity (Wildman–Crippen MR) is 160 cm³/mol. The molecule has 2 heterocycles. The summed E-state index contributed by atoms with van der Waals surface area (Å²) in [5, 5.41) is 1.33. The third-order valence-corrected chi connectivity index (χ3v) is 9.64. The molecule has 4 heteroatoms. The first kappa shape index (κ1) is 25.5. The van der Waals surface area contributed by atoms with Gasteiger partial charge in [-0.3, -0.25) is 4.90 Å². The molecule has 2 aliphatic rings. The number of hydrogen-bond acceptors (Lipinski definition) is 4. The molecule has 0 N–H and O–H groups in total. The van der Waals surface area contributed by atoms with Crippen molar-refractivity contribution in [2.24, 2.45) is 5.92 Å². The molecule has 0 bridgehead atoms. The highest BCUT2D eigenvalue weighted by Gasteiger charge is 2.17. The van der Waals surface area contributed by atoms with Crippen LogP contribution in [0, 0.1) is 5.92 Å². The van der Waals surface area contributed by atoms with E-state index in [0.717, 1.165) is 37.0 Å². The van der Waals surface area contributed by atoms with Crippen LogP contribution in [0.25, 0.3) is 20.5 Å². The Morgan fingerprint density at radius 3 is 2.26 bits per heavy atom. The van der Waals surface area contributed by atoms with Crippen LogP contribution in [-0.2, 0) is 12.8 Å². The highest BCUT2D eigenvalue weighted by Crippen LogP contribution is 2.41. The van der Waals surface area contributed by atoms with Crippen LogP contribution in [0.1, 0.15) is 55.2 Å². The van der Waals surface area contributed by atoms with E-state index in [9.17, 15) is 0 Å². The number of hydrogen-bond donors (Lipinski definition) is 0. The van der Waals surface area contributed by atoms with E-state index in [1.165, 1.54) is 95.3 Å². The first-order valence-electron chi connectivity index (χ1n) is 14.4. The number of benzene rings is 3. The van der Waals surface area contributed by atoms with E-state index < -0.39 is 0 Å². The average Bonchev–Trinajstić information content (AvgIpc) is 3.72. The molecule has 4 aromatic rings. The summed E-state index contributed by atoms with van der Waals surface area (Å²) < 4.78 is 12.9. The van der Waals surface area contributed by atoms with E-state index in [2.05, 4.69) is 71.6 Å². The van der Waals surface area contributed by atoms with Crippen LogP contribution < -0.4 is 9.47 Å². The van der Waals surface area contributed by atoms with Crippen molar-refractivity contribution in [1.29, 1.82) is 0 Å². The maximum absolute atomic E-state index is 6.08. The van der Waals surface area contributed by atoms with E-state index in [4.69, 9.17) is 9.47 Å². The van der Waals surface area contributed by atoms with Crippen LogP contribution in [0.2, 0.25) is 0 Å². The Hall–Kier alpha value is -2.82. The molecule has 0 atom stereocenters. The van der Waals surface area contributed by atoms with Gasteiger partial charge in [0.1, 0.15) is 18.1 Å². The van der Waals surface area contributed by atoms with Crippen molar-refractivity contribution in [2.75, 3.05) is 33.4 Å². The van der Waals surface area contributed by atoms with Gasteiger partial charge in [-0.25, -0.2) is 0 Å². The van der Waals surface area contributed by atoms with Gasteiger partial charge in [0.2, 0.25) is 0 Å². The quantitative estimate of drug-likeness (QED) is 0.208. The summed E-state index contributed by atoms with van der Waals surface area (Å²) >= 11 is 1.86. The SMILES string of the molecule is COc1ccc2c(Cc3ccc(CC4CCCC4)cc3)c(-c3ccc(OCCN4CCCC4)cc3)sc2c1. The van der Waals surface area contributed by atoms with E-state index in [0.29, 0.717) is 0 Å². The van der Waals surface area contributed by atoms with Crippen LogP contribution >= 0.6 is 11.3 Å². The molecule has 1 saturated heterocycles. The summed E-state index contributed by atoms with van der Waals surface area (Å²) in [6.45, 7) is 4.20. The Labute approximate surface area is 231 Å². The van der Waals surface area contributed by atoms with Crippen LogP contribution in [0.3, 0.4) is 0 Å². The molecular formula is C34H39NO2S. The van der Waals surface area contributed by atoms with Crippen molar-refractivity contribution in [3.63, 3.8) is 0 Å². The summed E-state index contributed by atoms with van der Waals surface area (Å²) in [6, 6.07) is 24.6. The Morgan fingerprint density at radius 2 is 1.53 bits per heavy atom. The van der Waals surface area contributed by atoms with E-state index in [1.54, 1.807) is 7.11 Å². The number of fused-ring (bicyclic) bond motifs is 1. The zero-order valence-electron chi connectivity index (χ0n) is 22.6. The first-order valence-corrected chi connectivity index (χ1v) is 15.2. The Kier molecular flexibility index (Phi) is 7.99. The summed E-state index contributed by atoms with van der Waals surface area (Å²) in [4.78, 5) is 3.83. The predicted octanol–water partition coefficient (Wildman–Crippen LogP) is 8.38. The highest BCUT2D eigenvalue weighted by molar-refractivity contribution is 7.22.